The van der Waals surface area contributed by atoms with Crippen LogP contribution >= 0.6 is 11.6 Å². The third kappa shape index (κ3) is 2.18. The summed E-state index contributed by atoms with van der Waals surface area (Å²) in [7, 11) is 0. The molecule has 2 aromatic carbocycles. The monoisotopic (exact) mass is 220 g/mol. The van der Waals surface area contributed by atoms with Crippen molar-refractivity contribution in [1.82, 2.24) is 0 Å². The number of aryl methyl sites for hydroxylation is 1. The summed E-state index contributed by atoms with van der Waals surface area (Å²) in [6, 6.07) is 12.6. The Bertz CT molecular complexity index is 474. The molecule has 2 heteroatoms. The van der Waals surface area contributed by atoms with Crippen molar-refractivity contribution in [3.8, 4) is 11.1 Å². The Morgan fingerprint density at radius 3 is 2.13 bits per heavy atom. The van der Waals surface area contributed by atoms with E-state index < -0.39 is 0 Å². The van der Waals surface area contributed by atoms with Gasteiger partial charge in [-0.2, -0.15) is 0 Å². The van der Waals surface area contributed by atoms with Gasteiger partial charge in [0.05, 0.1) is 0 Å². The molecule has 0 fully saturated rings. The lowest BCUT2D eigenvalue weighted by molar-refractivity contribution is 0.619. The van der Waals surface area contributed by atoms with Gasteiger partial charge in [0.1, 0.15) is 5.82 Å². The van der Waals surface area contributed by atoms with Crippen molar-refractivity contribution in [2.45, 2.75) is 6.92 Å². The molecule has 0 amide bonds. The van der Waals surface area contributed by atoms with Crippen LogP contribution in [-0.2, 0) is 0 Å². The van der Waals surface area contributed by atoms with Crippen LogP contribution in [0.2, 0.25) is 5.02 Å². The Morgan fingerprint density at radius 2 is 1.53 bits per heavy atom. The lowest BCUT2D eigenvalue weighted by atomic mass is 10.0. The van der Waals surface area contributed by atoms with Gasteiger partial charge in [0.25, 0.3) is 0 Å². The molecule has 0 aliphatic heterocycles. The fourth-order valence-electron chi connectivity index (χ4n) is 1.41. The van der Waals surface area contributed by atoms with Gasteiger partial charge in [0.2, 0.25) is 0 Å². The molecular weight excluding hydrogens is 211 g/mol. The standard InChI is InChI=1S/C13H10ClF/c1-9-2-3-11(8-13(9)15)10-4-6-12(14)7-5-10/h2-8H,1H3. The molecule has 76 valence electrons. The maximum absolute atomic E-state index is 13.3. The van der Waals surface area contributed by atoms with Crippen LogP contribution in [0.25, 0.3) is 11.1 Å². The topological polar surface area (TPSA) is 0 Å². The zero-order valence-electron chi connectivity index (χ0n) is 8.30. The maximum Gasteiger partial charge on any atom is 0.126 e. The molecule has 0 nitrogen and oxygen atoms in total. The SMILES string of the molecule is Cc1ccc(-c2ccc(Cl)cc2)cc1F. The van der Waals surface area contributed by atoms with Gasteiger partial charge in [-0.3, -0.25) is 0 Å². The highest BCUT2D eigenvalue weighted by atomic mass is 35.5. The van der Waals surface area contributed by atoms with Crippen LogP contribution in [0.4, 0.5) is 4.39 Å². The Morgan fingerprint density at radius 1 is 0.933 bits per heavy atom. The molecule has 0 aliphatic rings. The average molecular weight is 221 g/mol. The van der Waals surface area contributed by atoms with Gasteiger partial charge < -0.3 is 0 Å². The van der Waals surface area contributed by atoms with Crippen molar-refractivity contribution < 1.29 is 4.39 Å². The molecule has 0 spiro atoms. The lowest BCUT2D eigenvalue weighted by Gasteiger charge is -2.03. The maximum atomic E-state index is 13.3. The normalized spacial score (nSPS) is 10.3. The van der Waals surface area contributed by atoms with Gasteiger partial charge >= 0.3 is 0 Å². The molecule has 15 heavy (non-hydrogen) atoms. The van der Waals surface area contributed by atoms with E-state index in [-0.39, 0.29) is 5.82 Å². The van der Waals surface area contributed by atoms with E-state index in [0.29, 0.717) is 10.6 Å². The Kier molecular flexibility index (Phi) is 2.74. The van der Waals surface area contributed by atoms with Crippen molar-refractivity contribution in [2.75, 3.05) is 0 Å². The number of hydrogen-bond donors (Lipinski definition) is 0. The zero-order valence-corrected chi connectivity index (χ0v) is 9.05. The van der Waals surface area contributed by atoms with Crippen LogP contribution in [0.15, 0.2) is 42.5 Å². The van der Waals surface area contributed by atoms with E-state index in [2.05, 4.69) is 0 Å². The summed E-state index contributed by atoms with van der Waals surface area (Å²) in [4.78, 5) is 0. The molecule has 0 saturated heterocycles. The van der Waals surface area contributed by atoms with Crippen LogP contribution in [-0.4, -0.2) is 0 Å². The number of hydrogen-bond acceptors (Lipinski definition) is 0. The van der Waals surface area contributed by atoms with E-state index in [4.69, 9.17) is 11.6 Å². The fraction of sp³-hybridized carbons (Fsp3) is 0.0769. The van der Waals surface area contributed by atoms with E-state index in [1.54, 1.807) is 31.2 Å². The van der Waals surface area contributed by atoms with Gasteiger partial charge in [-0.25, -0.2) is 4.39 Å². The second-order valence-corrected chi connectivity index (χ2v) is 3.91. The number of rotatable bonds is 1. The average Bonchev–Trinajstić information content (AvgIpc) is 2.23. The number of benzene rings is 2. The Labute approximate surface area is 93.3 Å². The molecule has 2 aromatic rings. The largest absolute Gasteiger partial charge is 0.207 e. The first kappa shape index (κ1) is 10.2. The Hall–Kier alpha value is -1.34. The summed E-state index contributed by atoms with van der Waals surface area (Å²) in [5, 5.41) is 0.686. The Balaban J connectivity index is 2.45. The first-order valence-electron chi connectivity index (χ1n) is 4.69. The van der Waals surface area contributed by atoms with Crippen LogP contribution < -0.4 is 0 Å². The second kappa shape index (κ2) is 4.03. The van der Waals surface area contributed by atoms with E-state index in [9.17, 15) is 4.39 Å². The van der Waals surface area contributed by atoms with Crippen molar-refractivity contribution in [3.63, 3.8) is 0 Å². The summed E-state index contributed by atoms with van der Waals surface area (Å²) in [5.41, 5.74) is 2.50. The molecule has 2 rings (SSSR count). The van der Waals surface area contributed by atoms with Crippen molar-refractivity contribution in [1.29, 1.82) is 0 Å². The minimum atomic E-state index is -0.178. The van der Waals surface area contributed by atoms with Crippen LogP contribution in [0.1, 0.15) is 5.56 Å². The first-order chi connectivity index (χ1) is 7.16. The minimum absolute atomic E-state index is 0.178. The van der Waals surface area contributed by atoms with Gasteiger partial charge in [-0.05, 0) is 41.8 Å². The highest BCUT2D eigenvalue weighted by Gasteiger charge is 2.01. The van der Waals surface area contributed by atoms with E-state index in [1.807, 2.05) is 18.2 Å². The molecule has 0 unspecified atom stereocenters. The van der Waals surface area contributed by atoms with Crippen molar-refractivity contribution in [2.24, 2.45) is 0 Å². The highest BCUT2D eigenvalue weighted by Crippen LogP contribution is 2.23. The summed E-state index contributed by atoms with van der Waals surface area (Å²) < 4.78 is 13.3. The molecule has 0 N–H and O–H groups in total. The lowest BCUT2D eigenvalue weighted by Crippen LogP contribution is -1.84. The van der Waals surface area contributed by atoms with Gasteiger partial charge in [0, 0.05) is 5.02 Å². The van der Waals surface area contributed by atoms with Gasteiger partial charge in [-0.1, -0.05) is 35.9 Å². The summed E-state index contributed by atoms with van der Waals surface area (Å²) >= 11 is 5.78. The van der Waals surface area contributed by atoms with E-state index >= 15 is 0 Å². The fourth-order valence-corrected chi connectivity index (χ4v) is 1.54. The van der Waals surface area contributed by atoms with Crippen LogP contribution in [0.5, 0.6) is 0 Å². The molecule has 0 radical (unpaired) electrons. The van der Waals surface area contributed by atoms with Crippen molar-refractivity contribution >= 4 is 11.6 Å². The van der Waals surface area contributed by atoms with E-state index in [0.717, 1.165) is 11.1 Å². The summed E-state index contributed by atoms with van der Waals surface area (Å²) in [6.07, 6.45) is 0. The predicted octanol–water partition coefficient (Wildman–Crippen LogP) is 4.45. The summed E-state index contributed by atoms with van der Waals surface area (Å²) in [6.45, 7) is 1.75. The molecule has 0 bridgehead atoms. The molecule has 0 atom stereocenters. The first-order valence-corrected chi connectivity index (χ1v) is 5.07. The molecule has 0 heterocycles. The zero-order chi connectivity index (χ0) is 10.8. The molecule has 0 aromatic heterocycles. The molecule has 0 aliphatic carbocycles. The van der Waals surface area contributed by atoms with Crippen LogP contribution in [0, 0.1) is 12.7 Å². The third-order valence-corrected chi connectivity index (χ3v) is 2.60. The smallest absolute Gasteiger partial charge is 0.126 e. The quantitative estimate of drug-likeness (QED) is 0.666. The minimum Gasteiger partial charge on any atom is -0.207 e. The molecular formula is C13H10ClF. The van der Waals surface area contributed by atoms with Gasteiger partial charge in [-0.15, -0.1) is 0 Å². The third-order valence-electron chi connectivity index (χ3n) is 2.35. The second-order valence-electron chi connectivity index (χ2n) is 3.47. The molecule has 0 saturated carbocycles. The van der Waals surface area contributed by atoms with E-state index in [1.165, 1.54) is 0 Å². The van der Waals surface area contributed by atoms with Gasteiger partial charge in [0.15, 0.2) is 0 Å². The summed E-state index contributed by atoms with van der Waals surface area (Å²) in [5.74, 6) is -0.178. The van der Waals surface area contributed by atoms with Crippen molar-refractivity contribution in [3.05, 3.63) is 58.9 Å². The predicted molar refractivity (Wildman–Crippen MR) is 61.6 cm³/mol. The number of halogens is 2. The van der Waals surface area contributed by atoms with Crippen LogP contribution in [0.3, 0.4) is 0 Å². The highest BCUT2D eigenvalue weighted by molar-refractivity contribution is 6.30.